The Morgan fingerprint density at radius 1 is 0.964 bits per heavy atom. The van der Waals surface area contributed by atoms with E-state index in [1.165, 1.54) is 12.1 Å². The van der Waals surface area contributed by atoms with Gasteiger partial charge in [0.1, 0.15) is 5.82 Å². The summed E-state index contributed by atoms with van der Waals surface area (Å²) in [7, 11) is 0. The van der Waals surface area contributed by atoms with Crippen LogP contribution >= 0.6 is 0 Å². The molecule has 6 nitrogen and oxygen atoms in total. The first-order valence-corrected chi connectivity index (χ1v) is 9.76. The Balaban J connectivity index is 1.66. The van der Waals surface area contributed by atoms with Crippen LogP contribution in [0.1, 0.15) is 29.9 Å². The van der Waals surface area contributed by atoms with E-state index in [0.29, 0.717) is 6.54 Å². The third-order valence-electron chi connectivity index (χ3n) is 5.38. The lowest BCUT2D eigenvalue weighted by molar-refractivity contribution is 0.108. The molecule has 0 bridgehead atoms. The number of likely N-dealkylation sites (N-methyl/N-ethyl adjacent to an activating group) is 1. The number of rotatable bonds is 6. The first-order chi connectivity index (χ1) is 13.7. The Morgan fingerprint density at radius 3 is 2.36 bits per heavy atom. The highest BCUT2D eigenvalue weighted by atomic mass is 19.1. The van der Waals surface area contributed by atoms with Crippen molar-refractivity contribution in [2.45, 2.75) is 19.5 Å². The fourth-order valence-corrected chi connectivity index (χ4v) is 3.78. The van der Waals surface area contributed by atoms with E-state index in [4.69, 9.17) is 0 Å². The van der Waals surface area contributed by atoms with E-state index < -0.39 is 0 Å². The van der Waals surface area contributed by atoms with E-state index >= 15 is 0 Å². The second kappa shape index (κ2) is 8.58. The van der Waals surface area contributed by atoms with Crippen LogP contribution in [0, 0.1) is 5.82 Å². The number of tetrazole rings is 1. The molecule has 7 heteroatoms. The van der Waals surface area contributed by atoms with E-state index in [2.05, 4.69) is 44.4 Å². The van der Waals surface area contributed by atoms with Gasteiger partial charge in [0.2, 0.25) is 0 Å². The molecule has 2 aromatic carbocycles. The van der Waals surface area contributed by atoms with Crippen molar-refractivity contribution in [1.82, 2.24) is 30.0 Å². The maximum absolute atomic E-state index is 13.5. The summed E-state index contributed by atoms with van der Waals surface area (Å²) in [5.41, 5.74) is 2.15. The second-order valence-electron chi connectivity index (χ2n) is 7.10. The van der Waals surface area contributed by atoms with Gasteiger partial charge in [-0.15, -0.1) is 5.10 Å². The molecule has 1 aliphatic heterocycles. The van der Waals surface area contributed by atoms with Crippen molar-refractivity contribution in [3.8, 4) is 0 Å². The van der Waals surface area contributed by atoms with Crippen LogP contribution in [0.3, 0.4) is 0 Å². The molecule has 28 heavy (non-hydrogen) atoms. The molecule has 0 spiro atoms. The van der Waals surface area contributed by atoms with Crippen LogP contribution in [0.25, 0.3) is 0 Å². The van der Waals surface area contributed by atoms with Gasteiger partial charge in [-0.2, -0.15) is 0 Å². The topological polar surface area (TPSA) is 50.1 Å². The van der Waals surface area contributed by atoms with Gasteiger partial charge in [0.25, 0.3) is 0 Å². The molecule has 1 aromatic heterocycles. The third-order valence-corrected chi connectivity index (χ3v) is 5.38. The number of nitrogens with zero attached hydrogens (tertiary/aromatic N) is 6. The van der Waals surface area contributed by atoms with Crippen LogP contribution in [-0.4, -0.2) is 62.7 Å². The molecular weight excluding hydrogens is 355 g/mol. The summed E-state index contributed by atoms with van der Waals surface area (Å²) in [6.07, 6.45) is 0. The lowest BCUT2D eigenvalue weighted by Crippen LogP contribution is -2.48. The molecular formula is C21H25FN6. The first-order valence-electron chi connectivity index (χ1n) is 9.76. The monoisotopic (exact) mass is 380 g/mol. The van der Waals surface area contributed by atoms with Crippen LogP contribution in [-0.2, 0) is 6.54 Å². The minimum Gasteiger partial charge on any atom is -0.301 e. The highest BCUT2D eigenvalue weighted by molar-refractivity contribution is 5.26. The van der Waals surface area contributed by atoms with E-state index in [1.54, 1.807) is 0 Å². The molecule has 3 aromatic rings. The Morgan fingerprint density at radius 2 is 1.68 bits per heavy atom. The highest BCUT2D eigenvalue weighted by Crippen LogP contribution is 2.28. The first kappa shape index (κ1) is 18.7. The van der Waals surface area contributed by atoms with Gasteiger partial charge in [-0.3, -0.25) is 4.90 Å². The molecule has 0 radical (unpaired) electrons. The molecule has 1 unspecified atom stereocenters. The summed E-state index contributed by atoms with van der Waals surface area (Å²) in [5, 5.41) is 12.6. The average molecular weight is 380 g/mol. The molecule has 1 atom stereocenters. The number of hydrogen-bond donors (Lipinski definition) is 0. The van der Waals surface area contributed by atoms with Crippen molar-refractivity contribution in [1.29, 1.82) is 0 Å². The molecule has 0 saturated carbocycles. The average Bonchev–Trinajstić information content (AvgIpc) is 3.18. The van der Waals surface area contributed by atoms with Gasteiger partial charge in [-0.05, 0) is 40.2 Å². The number of halogens is 1. The largest absolute Gasteiger partial charge is 0.301 e. The number of piperazine rings is 1. The van der Waals surface area contributed by atoms with E-state index in [9.17, 15) is 4.39 Å². The van der Waals surface area contributed by atoms with Crippen molar-refractivity contribution in [3.05, 3.63) is 77.4 Å². The highest BCUT2D eigenvalue weighted by Gasteiger charge is 2.30. The molecule has 0 aliphatic carbocycles. The molecule has 2 heterocycles. The molecule has 0 amide bonds. The minimum atomic E-state index is -0.234. The van der Waals surface area contributed by atoms with Crippen LogP contribution in [0.15, 0.2) is 54.6 Å². The van der Waals surface area contributed by atoms with Gasteiger partial charge in [0.15, 0.2) is 5.82 Å². The van der Waals surface area contributed by atoms with Crippen LogP contribution in [0.5, 0.6) is 0 Å². The smallest absolute Gasteiger partial charge is 0.173 e. The minimum absolute atomic E-state index is 0.0988. The van der Waals surface area contributed by atoms with Crippen LogP contribution in [0.4, 0.5) is 4.39 Å². The molecule has 1 aliphatic rings. The lowest BCUT2D eigenvalue weighted by atomic mass is 10.0. The summed E-state index contributed by atoms with van der Waals surface area (Å²) in [6, 6.07) is 16.8. The maximum Gasteiger partial charge on any atom is 0.173 e. The van der Waals surface area contributed by atoms with Crippen LogP contribution in [0.2, 0.25) is 0 Å². The fourth-order valence-electron chi connectivity index (χ4n) is 3.78. The van der Waals surface area contributed by atoms with Gasteiger partial charge >= 0.3 is 0 Å². The molecule has 1 fully saturated rings. The van der Waals surface area contributed by atoms with Crippen LogP contribution < -0.4 is 0 Å². The molecule has 146 valence electrons. The fraction of sp³-hybridized carbons (Fsp3) is 0.381. The van der Waals surface area contributed by atoms with Crippen molar-refractivity contribution in [3.63, 3.8) is 0 Å². The Labute approximate surface area is 164 Å². The van der Waals surface area contributed by atoms with E-state index in [-0.39, 0.29) is 11.9 Å². The van der Waals surface area contributed by atoms with E-state index in [1.807, 2.05) is 35.0 Å². The molecule has 1 saturated heterocycles. The zero-order valence-corrected chi connectivity index (χ0v) is 16.1. The number of hydrogen-bond acceptors (Lipinski definition) is 5. The van der Waals surface area contributed by atoms with Crippen molar-refractivity contribution >= 4 is 0 Å². The molecule has 4 rings (SSSR count). The SMILES string of the molecule is CCN1CCN(C(c2ccc(F)cc2)c2nnnn2Cc2ccccc2)CC1. The lowest BCUT2D eigenvalue weighted by Gasteiger charge is -2.38. The Bertz CT molecular complexity index is 871. The number of benzene rings is 2. The second-order valence-corrected chi connectivity index (χ2v) is 7.10. The summed E-state index contributed by atoms with van der Waals surface area (Å²) in [5.74, 6) is 0.558. The van der Waals surface area contributed by atoms with Crippen molar-refractivity contribution in [2.75, 3.05) is 32.7 Å². The Kier molecular flexibility index (Phi) is 5.73. The zero-order chi connectivity index (χ0) is 19.3. The zero-order valence-electron chi connectivity index (χ0n) is 16.1. The van der Waals surface area contributed by atoms with Gasteiger partial charge in [0, 0.05) is 26.2 Å². The predicted molar refractivity (Wildman–Crippen MR) is 105 cm³/mol. The van der Waals surface area contributed by atoms with Gasteiger partial charge in [-0.25, -0.2) is 9.07 Å². The van der Waals surface area contributed by atoms with E-state index in [0.717, 1.165) is 49.7 Å². The van der Waals surface area contributed by atoms with Gasteiger partial charge < -0.3 is 4.90 Å². The summed E-state index contributed by atoms with van der Waals surface area (Å²) in [6.45, 7) is 7.72. The quantitative estimate of drug-likeness (QED) is 0.658. The number of aromatic nitrogens is 4. The van der Waals surface area contributed by atoms with Crippen molar-refractivity contribution in [2.24, 2.45) is 0 Å². The third kappa shape index (κ3) is 4.10. The standard InChI is InChI=1S/C21H25FN6/c1-2-26-12-14-27(15-13-26)20(18-8-10-19(22)11-9-18)21-23-24-25-28(21)16-17-6-4-3-5-7-17/h3-11,20H,2,12-16H2,1H3. The van der Waals surface area contributed by atoms with Gasteiger partial charge in [0.05, 0.1) is 12.6 Å². The summed E-state index contributed by atoms with van der Waals surface area (Å²) < 4.78 is 15.4. The summed E-state index contributed by atoms with van der Waals surface area (Å²) in [4.78, 5) is 4.83. The van der Waals surface area contributed by atoms with Gasteiger partial charge in [-0.1, -0.05) is 49.4 Å². The Hall–Kier alpha value is -2.64. The predicted octanol–water partition coefficient (Wildman–Crippen LogP) is 2.59. The normalized spacial score (nSPS) is 16.9. The van der Waals surface area contributed by atoms with Crippen molar-refractivity contribution < 1.29 is 4.39 Å². The molecule has 0 N–H and O–H groups in total. The maximum atomic E-state index is 13.5. The summed E-state index contributed by atoms with van der Waals surface area (Å²) >= 11 is 0.